The van der Waals surface area contributed by atoms with Crippen LogP contribution in [0.3, 0.4) is 0 Å². The van der Waals surface area contributed by atoms with Crippen LogP contribution in [0, 0.1) is 16.7 Å². The van der Waals surface area contributed by atoms with Gasteiger partial charge in [-0.15, -0.1) is 0 Å². The molecule has 0 bridgehead atoms. The molecule has 3 nitrogen and oxygen atoms in total. The van der Waals surface area contributed by atoms with Crippen LogP contribution < -0.4 is 0 Å². The summed E-state index contributed by atoms with van der Waals surface area (Å²) in [5.41, 5.74) is 0.441. The van der Waals surface area contributed by atoms with Crippen LogP contribution in [0.2, 0.25) is 0 Å². The molecule has 2 atom stereocenters. The molecule has 0 amide bonds. The van der Waals surface area contributed by atoms with Gasteiger partial charge in [0.2, 0.25) is 0 Å². The van der Waals surface area contributed by atoms with Crippen LogP contribution in [-0.4, -0.2) is 18.4 Å². The molecule has 3 heteroatoms. The molecule has 0 saturated heterocycles. The molecule has 1 aliphatic rings. The Morgan fingerprint density at radius 1 is 1.18 bits per heavy atom. The third-order valence-corrected chi connectivity index (χ3v) is 5.90. The summed E-state index contributed by atoms with van der Waals surface area (Å²) in [4.78, 5) is 24.5. The Morgan fingerprint density at radius 3 is 2.36 bits per heavy atom. The number of Topliss-reactive ketones (excluding diaryl/α,β-unsaturated/α-hetero) is 1. The minimum absolute atomic E-state index is 0.0447. The molecule has 120 valence electrons. The summed E-state index contributed by atoms with van der Waals surface area (Å²) in [6, 6.07) is 9.44. The average molecular weight is 302 g/mol. The number of carbonyl (C=O) groups is 2. The largest absolute Gasteiger partial charge is 0.457 e. The van der Waals surface area contributed by atoms with Crippen molar-refractivity contribution in [1.82, 2.24) is 0 Å². The molecule has 0 N–H and O–H groups in total. The van der Waals surface area contributed by atoms with Gasteiger partial charge < -0.3 is 4.74 Å². The Bertz CT molecular complexity index is 547. The van der Waals surface area contributed by atoms with Crippen LogP contribution in [0.4, 0.5) is 0 Å². The maximum Gasteiger partial charge on any atom is 0.310 e. The fraction of sp³-hybridized carbons (Fsp3) is 0.579. The van der Waals surface area contributed by atoms with E-state index in [1.165, 1.54) is 0 Å². The lowest BCUT2D eigenvalue weighted by molar-refractivity contribution is -0.152. The molecular formula is C19H26O3. The van der Waals surface area contributed by atoms with Gasteiger partial charge in [-0.2, -0.15) is 0 Å². The van der Waals surface area contributed by atoms with Gasteiger partial charge in [0, 0.05) is 5.41 Å². The van der Waals surface area contributed by atoms with Crippen molar-refractivity contribution in [3.8, 4) is 0 Å². The fourth-order valence-corrected chi connectivity index (χ4v) is 3.35. The number of ether oxygens (including phenoxy) is 1. The summed E-state index contributed by atoms with van der Waals surface area (Å²) in [7, 11) is 0. The second-order valence-corrected chi connectivity index (χ2v) is 7.24. The molecule has 0 aromatic heterocycles. The number of hydrogen-bond acceptors (Lipinski definition) is 3. The van der Waals surface area contributed by atoms with E-state index in [1.807, 2.05) is 37.3 Å². The normalized spacial score (nSPS) is 26.6. The third kappa shape index (κ3) is 3.08. The van der Waals surface area contributed by atoms with E-state index >= 15 is 0 Å². The smallest absolute Gasteiger partial charge is 0.310 e. The van der Waals surface area contributed by atoms with E-state index in [0.717, 1.165) is 18.4 Å². The van der Waals surface area contributed by atoms with Crippen molar-refractivity contribution < 1.29 is 14.3 Å². The van der Waals surface area contributed by atoms with Crippen molar-refractivity contribution in [2.75, 3.05) is 6.61 Å². The molecule has 1 saturated carbocycles. The van der Waals surface area contributed by atoms with Crippen molar-refractivity contribution in [1.29, 1.82) is 0 Å². The lowest BCUT2D eigenvalue weighted by atomic mass is 9.64. The quantitative estimate of drug-likeness (QED) is 0.777. The van der Waals surface area contributed by atoms with Crippen LogP contribution >= 0.6 is 0 Å². The fourth-order valence-electron chi connectivity index (χ4n) is 3.35. The summed E-state index contributed by atoms with van der Waals surface area (Å²) in [6.07, 6.45) is 2.13. The number of hydrogen-bond donors (Lipinski definition) is 0. The molecule has 0 heterocycles. The molecular weight excluding hydrogens is 276 g/mol. The topological polar surface area (TPSA) is 43.4 Å². The molecule has 2 rings (SSSR count). The summed E-state index contributed by atoms with van der Waals surface area (Å²) < 4.78 is 5.23. The number of carbonyl (C=O) groups excluding carboxylic acids is 2. The summed E-state index contributed by atoms with van der Waals surface area (Å²) >= 11 is 0. The molecule has 0 aliphatic heterocycles. The highest BCUT2D eigenvalue weighted by Crippen LogP contribution is 2.56. The van der Waals surface area contributed by atoms with Gasteiger partial charge in [-0.3, -0.25) is 9.59 Å². The highest BCUT2D eigenvalue weighted by molar-refractivity contribution is 5.88. The Balaban J connectivity index is 1.92. The van der Waals surface area contributed by atoms with E-state index < -0.39 is 5.41 Å². The lowest BCUT2D eigenvalue weighted by Gasteiger charge is -2.39. The Kier molecular flexibility index (Phi) is 4.74. The van der Waals surface area contributed by atoms with Gasteiger partial charge in [0.1, 0.15) is 0 Å². The Labute approximate surface area is 133 Å². The van der Waals surface area contributed by atoms with Crippen LogP contribution in [0.25, 0.3) is 0 Å². The van der Waals surface area contributed by atoms with E-state index in [-0.39, 0.29) is 30.2 Å². The first-order chi connectivity index (χ1) is 10.3. The van der Waals surface area contributed by atoms with Crippen molar-refractivity contribution in [2.24, 2.45) is 16.7 Å². The second kappa shape index (κ2) is 6.23. The van der Waals surface area contributed by atoms with Crippen LogP contribution in [0.1, 0.15) is 46.1 Å². The zero-order chi connectivity index (χ0) is 16.4. The van der Waals surface area contributed by atoms with E-state index in [1.54, 1.807) is 0 Å². The molecule has 1 fully saturated rings. The van der Waals surface area contributed by atoms with Crippen LogP contribution in [0.15, 0.2) is 30.3 Å². The van der Waals surface area contributed by atoms with E-state index in [4.69, 9.17) is 4.74 Å². The van der Waals surface area contributed by atoms with E-state index in [2.05, 4.69) is 20.8 Å². The summed E-state index contributed by atoms with van der Waals surface area (Å²) in [6.45, 7) is 8.39. The summed E-state index contributed by atoms with van der Waals surface area (Å²) in [5, 5.41) is 0. The van der Waals surface area contributed by atoms with E-state index in [0.29, 0.717) is 5.92 Å². The molecule has 0 radical (unpaired) electrons. The molecule has 22 heavy (non-hydrogen) atoms. The monoisotopic (exact) mass is 302 g/mol. The second-order valence-electron chi connectivity index (χ2n) is 7.24. The van der Waals surface area contributed by atoms with Gasteiger partial charge in [0.25, 0.3) is 0 Å². The van der Waals surface area contributed by atoms with Crippen LogP contribution in [-0.2, 0) is 20.7 Å². The first kappa shape index (κ1) is 16.7. The number of benzene rings is 1. The Hall–Kier alpha value is -1.64. The maximum atomic E-state index is 12.6. The first-order valence-electron chi connectivity index (χ1n) is 8.00. The van der Waals surface area contributed by atoms with Gasteiger partial charge in [0.15, 0.2) is 12.4 Å². The molecule has 1 aromatic rings. The molecule has 1 aliphatic carbocycles. The SMILES string of the molecule is C[C@@H]1CC[C@](C)(C(=O)COC(=O)Cc2ccccc2)C1(C)C. The zero-order valence-corrected chi connectivity index (χ0v) is 14.0. The molecule has 0 spiro atoms. The predicted octanol–water partition coefficient (Wildman–Crippen LogP) is 3.80. The van der Waals surface area contributed by atoms with Crippen molar-refractivity contribution in [3.63, 3.8) is 0 Å². The molecule has 0 unspecified atom stereocenters. The number of esters is 1. The first-order valence-corrected chi connectivity index (χ1v) is 8.00. The highest BCUT2D eigenvalue weighted by atomic mass is 16.5. The Morgan fingerprint density at radius 2 is 1.82 bits per heavy atom. The summed E-state index contributed by atoms with van der Waals surface area (Å²) in [5.74, 6) is 0.205. The van der Waals surface area contributed by atoms with Gasteiger partial charge in [-0.1, -0.05) is 58.0 Å². The highest BCUT2D eigenvalue weighted by Gasteiger charge is 2.53. The van der Waals surface area contributed by atoms with Gasteiger partial charge in [-0.05, 0) is 29.7 Å². The van der Waals surface area contributed by atoms with Gasteiger partial charge in [0.05, 0.1) is 6.42 Å². The minimum atomic E-state index is -0.403. The van der Waals surface area contributed by atoms with Crippen molar-refractivity contribution in [2.45, 2.75) is 47.0 Å². The minimum Gasteiger partial charge on any atom is -0.457 e. The van der Waals surface area contributed by atoms with E-state index in [9.17, 15) is 9.59 Å². The maximum absolute atomic E-state index is 12.6. The van der Waals surface area contributed by atoms with Crippen molar-refractivity contribution >= 4 is 11.8 Å². The zero-order valence-electron chi connectivity index (χ0n) is 14.0. The van der Waals surface area contributed by atoms with Gasteiger partial charge >= 0.3 is 5.97 Å². The standard InChI is InChI=1S/C19H26O3/c1-14-10-11-19(4,18(14,2)3)16(20)13-22-17(21)12-15-8-6-5-7-9-15/h5-9,14H,10-13H2,1-4H3/t14-,19-/m1/s1. The van der Waals surface area contributed by atoms with Gasteiger partial charge in [-0.25, -0.2) is 0 Å². The average Bonchev–Trinajstić information content (AvgIpc) is 2.70. The predicted molar refractivity (Wildman–Crippen MR) is 86.4 cm³/mol. The number of ketones is 1. The lowest BCUT2D eigenvalue weighted by Crippen LogP contribution is -2.42. The number of rotatable bonds is 5. The van der Waals surface area contributed by atoms with Crippen LogP contribution in [0.5, 0.6) is 0 Å². The third-order valence-electron chi connectivity index (χ3n) is 5.90. The molecule has 1 aromatic carbocycles. The van der Waals surface area contributed by atoms with Crippen molar-refractivity contribution in [3.05, 3.63) is 35.9 Å².